The predicted octanol–water partition coefficient (Wildman–Crippen LogP) is 4.91. The lowest BCUT2D eigenvalue weighted by Crippen LogP contribution is -2.15. The van der Waals surface area contributed by atoms with Crippen LogP contribution in [0.5, 0.6) is 0 Å². The molecule has 0 saturated carbocycles. The van der Waals surface area contributed by atoms with Gasteiger partial charge >= 0.3 is 0 Å². The molecule has 2 nitrogen and oxygen atoms in total. The molecule has 3 unspecified atom stereocenters. The average molecular weight is 284 g/mol. The highest BCUT2D eigenvalue weighted by molar-refractivity contribution is 6.33. The number of rotatable bonds is 6. The zero-order valence-corrected chi connectivity index (χ0v) is 13.7. The quantitative estimate of drug-likeness (QED) is 0.537. The lowest BCUT2D eigenvalue weighted by molar-refractivity contribution is 0.0991. The molecule has 0 radical (unpaired) electrons. The highest BCUT2D eigenvalue weighted by atomic mass is 35.5. The number of hydrogen-bond acceptors (Lipinski definition) is 1. The van der Waals surface area contributed by atoms with Crippen LogP contribution in [-0.2, 0) is 0 Å². The summed E-state index contributed by atoms with van der Waals surface area (Å²) >= 11 is 5.92. The van der Waals surface area contributed by atoms with Crippen LogP contribution < -0.4 is 0 Å². The maximum absolute atomic E-state index is 12.1. The van der Waals surface area contributed by atoms with E-state index in [4.69, 9.17) is 11.6 Å². The Morgan fingerprint density at radius 1 is 1.32 bits per heavy atom. The molecule has 0 spiro atoms. The van der Waals surface area contributed by atoms with Crippen molar-refractivity contribution in [3.05, 3.63) is 23.0 Å². The molecule has 0 aliphatic rings. The van der Waals surface area contributed by atoms with Crippen molar-refractivity contribution in [3.63, 3.8) is 0 Å². The lowest BCUT2D eigenvalue weighted by Gasteiger charge is -2.21. The third-order valence-corrected chi connectivity index (χ3v) is 4.19. The third-order valence-electron chi connectivity index (χ3n) is 3.99. The summed E-state index contributed by atoms with van der Waals surface area (Å²) < 4.78 is 2.28. The van der Waals surface area contributed by atoms with Gasteiger partial charge in [0.15, 0.2) is 5.78 Å². The molecule has 0 aliphatic carbocycles. The van der Waals surface area contributed by atoms with E-state index in [-0.39, 0.29) is 5.78 Å². The van der Waals surface area contributed by atoms with E-state index < -0.39 is 5.38 Å². The van der Waals surface area contributed by atoms with E-state index in [2.05, 4.69) is 32.3 Å². The van der Waals surface area contributed by atoms with E-state index in [1.165, 1.54) is 6.42 Å². The van der Waals surface area contributed by atoms with Gasteiger partial charge in [0.1, 0.15) is 0 Å². The van der Waals surface area contributed by atoms with Crippen molar-refractivity contribution >= 4 is 17.4 Å². The molecule has 0 saturated heterocycles. The number of ketones is 1. The molecule has 0 aliphatic heterocycles. The molecule has 19 heavy (non-hydrogen) atoms. The second-order valence-electron chi connectivity index (χ2n) is 5.73. The average Bonchev–Trinajstić information content (AvgIpc) is 2.63. The van der Waals surface area contributed by atoms with E-state index in [0.717, 1.165) is 23.4 Å². The lowest BCUT2D eigenvalue weighted by atomic mass is 10.00. The fraction of sp³-hybridized carbons (Fsp3) is 0.688. The summed E-state index contributed by atoms with van der Waals surface area (Å²) in [6.45, 7) is 12.5. The third kappa shape index (κ3) is 3.62. The zero-order valence-electron chi connectivity index (χ0n) is 13.0. The van der Waals surface area contributed by atoms with Crippen molar-refractivity contribution in [2.24, 2.45) is 5.92 Å². The van der Waals surface area contributed by atoms with Crippen molar-refractivity contribution in [2.45, 2.75) is 65.8 Å². The van der Waals surface area contributed by atoms with Crippen molar-refractivity contribution < 1.29 is 4.79 Å². The molecule has 1 aromatic rings. The first-order valence-electron chi connectivity index (χ1n) is 7.16. The van der Waals surface area contributed by atoms with Gasteiger partial charge in [0, 0.05) is 23.0 Å². The molecule has 1 heterocycles. The molecule has 0 N–H and O–H groups in total. The van der Waals surface area contributed by atoms with E-state index in [1.807, 2.05) is 13.0 Å². The number of Topliss-reactive ketones (excluding diaryl/α,β-unsaturated/α-hetero) is 1. The molecule has 0 amide bonds. The van der Waals surface area contributed by atoms with Crippen LogP contribution in [0.3, 0.4) is 0 Å². The Balaban J connectivity index is 3.06. The van der Waals surface area contributed by atoms with Crippen LogP contribution in [-0.4, -0.2) is 15.7 Å². The Labute approximate surface area is 122 Å². The van der Waals surface area contributed by atoms with Gasteiger partial charge in [-0.25, -0.2) is 0 Å². The van der Waals surface area contributed by atoms with Gasteiger partial charge in [0.2, 0.25) is 0 Å². The molecule has 0 fully saturated rings. The van der Waals surface area contributed by atoms with Gasteiger partial charge in [0.25, 0.3) is 0 Å². The van der Waals surface area contributed by atoms with Crippen molar-refractivity contribution in [1.29, 1.82) is 0 Å². The minimum absolute atomic E-state index is 0.0248. The summed E-state index contributed by atoms with van der Waals surface area (Å²) in [5.74, 6) is 0.721. The first kappa shape index (κ1) is 16.3. The highest BCUT2D eigenvalue weighted by Gasteiger charge is 2.21. The summed E-state index contributed by atoms with van der Waals surface area (Å²) in [7, 11) is 0. The molecule has 0 bridgehead atoms. The Morgan fingerprint density at radius 3 is 2.37 bits per heavy atom. The molecule has 108 valence electrons. The standard InChI is InChI=1S/C16H26ClNO/c1-7-10(2)8-11(3)18-12(4)9-15(14(18)6)16(19)13(5)17/h9-11,13H,7-8H2,1-6H3. The maximum Gasteiger partial charge on any atom is 0.182 e. The smallest absolute Gasteiger partial charge is 0.182 e. The molecule has 3 atom stereocenters. The fourth-order valence-corrected chi connectivity index (χ4v) is 2.89. The van der Waals surface area contributed by atoms with Gasteiger partial charge < -0.3 is 4.57 Å². The Kier molecular flexibility index (Phi) is 5.66. The second-order valence-corrected chi connectivity index (χ2v) is 6.39. The topological polar surface area (TPSA) is 22.0 Å². The van der Waals surface area contributed by atoms with Gasteiger partial charge in [-0.1, -0.05) is 20.3 Å². The van der Waals surface area contributed by atoms with Crippen molar-refractivity contribution in [1.82, 2.24) is 4.57 Å². The first-order valence-corrected chi connectivity index (χ1v) is 7.59. The van der Waals surface area contributed by atoms with Gasteiger partial charge in [0.05, 0.1) is 5.38 Å². The molecule has 1 aromatic heterocycles. The van der Waals surface area contributed by atoms with E-state index in [9.17, 15) is 4.79 Å². The molecular formula is C16H26ClNO. The van der Waals surface area contributed by atoms with Gasteiger partial charge in [-0.15, -0.1) is 11.6 Å². The summed E-state index contributed by atoms with van der Waals surface area (Å²) in [5.41, 5.74) is 2.97. The fourth-order valence-electron chi connectivity index (χ4n) is 2.77. The van der Waals surface area contributed by atoms with Gasteiger partial charge in [-0.3, -0.25) is 4.79 Å². The summed E-state index contributed by atoms with van der Waals surface area (Å²) in [5, 5.41) is -0.459. The molecule has 3 heteroatoms. The number of nitrogens with zero attached hydrogens (tertiary/aromatic N) is 1. The largest absolute Gasteiger partial charge is 0.346 e. The van der Waals surface area contributed by atoms with Crippen LogP contribution in [0.25, 0.3) is 0 Å². The van der Waals surface area contributed by atoms with Crippen LogP contribution in [0.2, 0.25) is 0 Å². The van der Waals surface area contributed by atoms with Crippen LogP contribution in [0.15, 0.2) is 6.07 Å². The molecule has 0 aromatic carbocycles. The Morgan fingerprint density at radius 2 is 1.89 bits per heavy atom. The number of carbonyl (C=O) groups excluding carboxylic acids is 1. The molecular weight excluding hydrogens is 258 g/mol. The minimum Gasteiger partial charge on any atom is -0.346 e. The Bertz CT molecular complexity index is 448. The van der Waals surface area contributed by atoms with Gasteiger partial charge in [-0.05, 0) is 46.1 Å². The van der Waals surface area contributed by atoms with Crippen molar-refractivity contribution in [2.75, 3.05) is 0 Å². The highest BCUT2D eigenvalue weighted by Crippen LogP contribution is 2.27. The first-order chi connectivity index (χ1) is 8.79. The zero-order chi connectivity index (χ0) is 14.7. The summed E-state index contributed by atoms with van der Waals surface area (Å²) in [4.78, 5) is 12.1. The summed E-state index contributed by atoms with van der Waals surface area (Å²) in [6.07, 6.45) is 2.32. The number of alkyl halides is 1. The van der Waals surface area contributed by atoms with Crippen molar-refractivity contribution in [3.8, 4) is 0 Å². The normalized spacial score (nSPS) is 16.2. The van der Waals surface area contributed by atoms with E-state index in [0.29, 0.717) is 12.0 Å². The van der Waals surface area contributed by atoms with Crippen LogP contribution in [0.4, 0.5) is 0 Å². The SMILES string of the molecule is CCC(C)CC(C)n1c(C)cc(C(=O)C(C)Cl)c1C. The monoisotopic (exact) mass is 283 g/mol. The Hall–Kier alpha value is -0.760. The van der Waals surface area contributed by atoms with E-state index >= 15 is 0 Å². The second kappa shape index (κ2) is 6.60. The van der Waals surface area contributed by atoms with Crippen LogP contribution >= 0.6 is 11.6 Å². The van der Waals surface area contributed by atoms with E-state index in [1.54, 1.807) is 6.92 Å². The summed E-state index contributed by atoms with van der Waals surface area (Å²) in [6, 6.07) is 2.39. The van der Waals surface area contributed by atoms with Crippen LogP contribution in [0.1, 0.15) is 68.3 Å². The minimum atomic E-state index is -0.459. The number of aromatic nitrogens is 1. The molecule has 1 rings (SSSR count). The van der Waals surface area contributed by atoms with Gasteiger partial charge in [-0.2, -0.15) is 0 Å². The predicted molar refractivity (Wildman–Crippen MR) is 82.3 cm³/mol. The van der Waals surface area contributed by atoms with Crippen LogP contribution in [0, 0.1) is 19.8 Å². The number of carbonyl (C=O) groups is 1. The number of halogens is 1. The maximum atomic E-state index is 12.1. The number of aryl methyl sites for hydroxylation is 1. The number of hydrogen-bond donors (Lipinski definition) is 0.